The van der Waals surface area contributed by atoms with E-state index in [4.69, 9.17) is 4.74 Å². The van der Waals surface area contributed by atoms with Gasteiger partial charge in [-0.25, -0.2) is 4.98 Å². The van der Waals surface area contributed by atoms with Gasteiger partial charge in [-0.3, -0.25) is 24.5 Å². The third kappa shape index (κ3) is 10.2. The van der Waals surface area contributed by atoms with Crippen LogP contribution in [0, 0.1) is 17.0 Å². The molecule has 1 heterocycles. The molecule has 1 atom stereocenters. The van der Waals surface area contributed by atoms with Crippen LogP contribution in [-0.2, 0) is 19.1 Å². The number of benzene rings is 1. The van der Waals surface area contributed by atoms with Crippen LogP contribution in [-0.4, -0.2) is 47.4 Å². The molecule has 35 heavy (non-hydrogen) atoms. The van der Waals surface area contributed by atoms with Crippen LogP contribution in [0.3, 0.4) is 0 Å². The van der Waals surface area contributed by atoms with Crippen LogP contribution in [0.4, 0.5) is 11.5 Å². The first kappa shape index (κ1) is 27.2. The number of non-ortho nitro benzene ring substituents is 1. The molecule has 0 saturated heterocycles. The van der Waals surface area contributed by atoms with E-state index in [1.54, 1.807) is 12.3 Å². The van der Waals surface area contributed by atoms with E-state index in [0.29, 0.717) is 24.9 Å². The number of nitrogens with zero attached hydrogens (tertiary/aromatic N) is 2. The maximum Gasteiger partial charge on any atom is 0.308 e. The minimum absolute atomic E-state index is 0.161. The van der Waals surface area contributed by atoms with Gasteiger partial charge in [0.2, 0.25) is 11.8 Å². The number of pyridine rings is 1. The Kier molecular flexibility index (Phi) is 11.1. The van der Waals surface area contributed by atoms with E-state index < -0.39 is 22.8 Å². The maximum absolute atomic E-state index is 12.5. The lowest BCUT2D eigenvalue weighted by atomic mass is 10.0. The first-order chi connectivity index (χ1) is 16.8. The number of rotatable bonds is 14. The van der Waals surface area contributed by atoms with Crippen LogP contribution >= 0.6 is 0 Å². The van der Waals surface area contributed by atoms with Crippen LogP contribution in [0.5, 0.6) is 0 Å². The Bertz CT molecular complexity index is 1030. The summed E-state index contributed by atoms with van der Waals surface area (Å²) in [5, 5.41) is 19.5. The van der Waals surface area contributed by atoms with Crippen molar-refractivity contribution < 1.29 is 24.0 Å². The van der Waals surface area contributed by atoms with Crippen LogP contribution in [0.2, 0.25) is 0 Å². The van der Waals surface area contributed by atoms with Crippen molar-refractivity contribution in [3.63, 3.8) is 0 Å². The quantitative estimate of drug-likeness (QED) is 0.160. The van der Waals surface area contributed by atoms with Gasteiger partial charge in [0, 0.05) is 31.3 Å². The van der Waals surface area contributed by atoms with Gasteiger partial charge in [-0.2, -0.15) is 0 Å². The summed E-state index contributed by atoms with van der Waals surface area (Å²) in [7, 11) is 0. The van der Waals surface area contributed by atoms with Crippen molar-refractivity contribution >= 4 is 29.3 Å². The van der Waals surface area contributed by atoms with Gasteiger partial charge in [-0.05, 0) is 43.0 Å². The highest BCUT2D eigenvalue weighted by Crippen LogP contribution is 2.22. The molecule has 1 unspecified atom stereocenters. The summed E-state index contributed by atoms with van der Waals surface area (Å²) < 4.78 is 5.09. The van der Waals surface area contributed by atoms with Gasteiger partial charge in [-0.15, -0.1) is 0 Å². The number of aromatic nitrogens is 1. The number of esters is 1. The molecule has 0 aliphatic carbocycles. The first-order valence-corrected chi connectivity index (χ1v) is 11.4. The third-order valence-corrected chi connectivity index (χ3v) is 4.90. The summed E-state index contributed by atoms with van der Waals surface area (Å²) in [6.45, 7) is 4.31. The second-order valence-corrected chi connectivity index (χ2v) is 7.92. The predicted octanol–water partition coefficient (Wildman–Crippen LogP) is 2.81. The average molecular weight is 486 g/mol. The molecule has 1 aromatic heterocycles. The van der Waals surface area contributed by atoms with Gasteiger partial charge < -0.3 is 20.7 Å². The summed E-state index contributed by atoms with van der Waals surface area (Å²) in [5.41, 5.74) is 1.31. The van der Waals surface area contributed by atoms with E-state index in [-0.39, 0.29) is 37.6 Å². The topological polar surface area (TPSA) is 153 Å². The summed E-state index contributed by atoms with van der Waals surface area (Å²) >= 11 is 0. The molecule has 0 bridgehead atoms. The Balaban J connectivity index is 1.85. The minimum Gasteiger partial charge on any atom is -0.466 e. The number of anilines is 1. The molecule has 11 heteroatoms. The number of hydrogen-bond acceptors (Lipinski definition) is 8. The van der Waals surface area contributed by atoms with Gasteiger partial charge in [0.15, 0.2) is 0 Å². The molecular formula is C24H31N5O6. The summed E-state index contributed by atoms with van der Waals surface area (Å²) in [5.74, 6) is -0.633. The van der Waals surface area contributed by atoms with Gasteiger partial charge in [0.05, 0.1) is 30.5 Å². The standard InChI is InChI=1S/C24H31N5O6/c1-3-12-35-24(32)15-20(18-6-4-7-19(14-18)29(33)34)28-23(31)16-27-22(30)8-5-10-25-21-13-17(2)9-11-26-21/h4,6-7,9,11,13-14,20H,3,5,8,10,12,15-16H2,1-2H3,(H,25,26)(H,27,30)(H,28,31). The van der Waals surface area contributed by atoms with Gasteiger partial charge in [0.25, 0.3) is 5.69 Å². The summed E-state index contributed by atoms with van der Waals surface area (Å²) in [6, 6.07) is 8.64. The van der Waals surface area contributed by atoms with Gasteiger partial charge in [0.1, 0.15) is 5.82 Å². The molecule has 0 aliphatic heterocycles. The highest BCUT2D eigenvalue weighted by atomic mass is 16.6. The fraction of sp³-hybridized carbons (Fsp3) is 0.417. The Morgan fingerprint density at radius 1 is 1.17 bits per heavy atom. The average Bonchev–Trinajstić information content (AvgIpc) is 2.84. The molecule has 0 aliphatic rings. The van der Waals surface area contributed by atoms with E-state index in [1.807, 2.05) is 26.0 Å². The van der Waals surface area contributed by atoms with Crippen molar-refractivity contribution in [1.29, 1.82) is 0 Å². The van der Waals surface area contributed by atoms with Crippen molar-refractivity contribution in [3.8, 4) is 0 Å². The van der Waals surface area contributed by atoms with Crippen molar-refractivity contribution in [3.05, 3.63) is 63.8 Å². The van der Waals surface area contributed by atoms with Crippen LogP contribution in [0.15, 0.2) is 42.6 Å². The molecule has 0 radical (unpaired) electrons. The molecule has 0 fully saturated rings. The number of ether oxygens (including phenoxy) is 1. The van der Waals surface area contributed by atoms with E-state index in [2.05, 4.69) is 20.9 Å². The van der Waals surface area contributed by atoms with Gasteiger partial charge in [-0.1, -0.05) is 19.1 Å². The molecule has 2 rings (SSSR count). The highest BCUT2D eigenvalue weighted by molar-refractivity contribution is 5.85. The number of carbonyl (C=O) groups is 3. The largest absolute Gasteiger partial charge is 0.466 e. The first-order valence-electron chi connectivity index (χ1n) is 11.4. The predicted molar refractivity (Wildman–Crippen MR) is 130 cm³/mol. The second-order valence-electron chi connectivity index (χ2n) is 7.92. The number of nitro groups is 1. The minimum atomic E-state index is -0.838. The lowest BCUT2D eigenvalue weighted by Crippen LogP contribution is -2.39. The lowest BCUT2D eigenvalue weighted by Gasteiger charge is -2.19. The fourth-order valence-corrected chi connectivity index (χ4v) is 3.16. The number of hydrogen-bond donors (Lipinski definition) is 3. The Morgan fingerprint density at radius 3 is 2.69 bits per heavy atom. The number of nitro benzene ring substituents is 1. The van der Waals surface area contributed by atoms with E-state index in [1.165, 1.54) is 18.2 Å². The Morgan fingerprint density at radius 2 is 1.97 bits per heavy atom. The van der Waals surface area contributed by atoms with Crippen molar-refractivity contribution in [2.24, 2.45) is 0 Å². The summed E-state index contributed by atoms with van der Waals surface area (Å²) in [6.07, 6.45) is 2.90. The molecule has 3 N–H and O–H groups in total. The fourth-order valence-electron chi connectivity index (χ4n) is 3.16. The van der Waals surface area contributed by atoms with E-state index in [9.17, 15) is 24.5 Å². The van der Waals surface area contributed by atoms with E-state index >= 15 is 0 Å². The zero-order valence-corrected chi connectivity index (χ0v) is 19.9. The molecular weight excluding hydrogens is 454 g/mol. The van der Waals surface area contributed by atoms with Crippen molar-refractivity contribution in [2.75, 3.05) is 25.0 Å². The number of nitrogens with one attached hydrogen (secondary N) is 3. The Labute approximate surface area is 203 Å². The molecule has 1 aromatic carbocycles. The van der Waals surface area contributed by atoms with E-state index in [0.717, 1.165) is 11.4 Å². The van der Waals surface area contributed by atoms with Gasteiger partial charge >= 0.3 is 5.97 Å². The van der Waals surface area contributed by atoms with Crippen LogP contribution < -0.4 is 16.0 Å². The highest BCUT2D eigenvalue weighted by Gasteiger charge is 2.21. The molecule has 0 saturated carbocycles. The molecule has 2 amide bonds. The monoisotopic (exact) mass is 485 g/mol. The maximum atomic E-state index is 12.5. The Hall–Kier alpha value is -4.02. The molecule has 0 spiro atoms. The van der Waals surface area contributed by atoms with Crippen molar-refractivity contribution in [1.82, 2.24) is 15.6 Å². The second kappa shape index (κ2) is 14.3. The summed E-state index contributed by atoms with van der Waals surface area (Å²) in [4.78, 5) is 51.4. The molecule has 11 nitrogen and oxygen atoms in total. The number of aryl methyl sites for hydroxylation is 1. The van der Waals surface area contributed by atoms with Crippen LogP contribution in [0.1, 0.15) is 49.8 Å². The number of amides is 2. The van der Waals surface area contributed by atoms with Crippen LogP contribution in [0.25, 0.3) is 0 Å². The molecule has 188 valence electrons. The smallest absolute Gasteiger partial charge is 0.308 e. The van der Waals surface area contributed by atoms with Crippen molar-refractivity contribution in [2.45, 2.75) is 45.6 Å². The SMILES string of the molecule is CCCOC(=O)CC(NC(=O)CNC(=O)CCCNc1cc(C)ccn1)c1cccc([N+](=O)[O-])c1. The third-order valence-electron chi connectivity index (χ3n) is 4.90. The molecule has 2 aromatic rings. The number of carbonyl (C=O) groups excluding carboxylic acids is 3. The lowest BCUT2D eigenvalue weighted by molar-refractivity contribution is -0.384. The zero-order valence-electron chi connectivity index (χ0n) is 19.9. The normalized spacial score (nSPS) is 11.3. The zero-order chi connectivity index (χ0) is 25.6.